The van der Waals surface area contributed by atoms with Crippen LogP contribution in [0, 0.1) is 0 Å². The van der Waals surface area contributed by atoms with Gasteiger partial charge in [-0.15, -0.1) is 0 Å². The van der Waals surface area contributed by atoms with Gasteiger partial charge in [0.1, 0.15) is 5.78 Å². The first-order valence-corrected chi connectivity index (χ1v) is 5.33. The van der Waals surface area contributed by atoms with Crippen molar-refractivity contribution < 1.29 is 4.79 Å². The van der Waals surface area contributed by atoms with Gasteiger partial charge in [0.25, 0.3) is 0 Å². The van der Waals surface area contributed by atoms with Gasteiger partial charge in [0.2, 0.25) is 0 Å². The highest BCUT2D eigenvalue weighted by Gasteiger charge is 2.10. The zero-order valence-corrected chi connectivity index (χ0v) is 9.09. The largest absolute Gasteiger partial charge is 0.388 e. The van der Waals surface area contributed by atoms with Crippen molar-refractivity contribution in [2.75, 3.05) is 6.54 Å². The van der Waals surface area contributed by atoms with E-state index in [1.807, 2.05) is 6.92 Å². The van der Waals surface area contributed by atoms with Gasteiger partial charge in [-0.25, -0.2) is 0 Å². The fourth-order valence-electron chi connectivity index (χ4n) is 1.43. The second-order valence-corrected chi connectivity index (χ2v) is 3.49. The van der Waals surface area contributed by atoms with Gasteiger partial charge in [-0.2, -0.15) is 0 Å². The maximum Gasteiger partial charge on any atom is 0.134 e. The van der Waals surface area contributed by atoms with Gasteiger partial charge in [-0.1, -0.05) is 13.5 Å². The van der Waals surface area contributed by atoms with Crippen molar-refractivity contribution in [3.8, 4) is 0 Å². The minimum absolute atomic E-state index is 0.218. The molecule has 1 unspecified atom stereocenters. The van der Waals surface area contributed by atoms with Crippen molar-refractivity contribution in [2.45, 2.75) is 45.1 Å². The molecule has 1 atom stereocenters. The van der Waals surface area contributed by atoms with E-state index in [-0.39, 0.29) is 6.04 Å². The van der Waals surface area contributed by atoms with Gasteiger partial charge < -0.3 is 11.1 Å². The Balaban J connectivity index is 3.81. The molecule has 14 heavy (non-hydrogen) atoms. The highest BCUT2D eigenvalue weighted by Crippen LogP contribution is 2.05. The average molecular weight is 198 g/mol. The third kappa shape index (κ3) is 6.66. The molecule has 0 bridgehead atoms. The molecule has 3 heteroatoms. The number of hydrogen-bond acceptors (Lipinski definition) is 3. The van der Waals surface area contributed by atoms with Crippen LogP contribution in [-0.2, 0) is 4.79 Å². The number of nitrogens with one attached hydrogen (secondary N) is 1. The number of ketones is 1. The van der Waals surface area contributed by atoms with Crippen LogP contribution in [0.2, 0.25) is 0 Å². The Morgan fingerprint density at radius 2 is 2.36 bits per heavy atom. The zero-order chi connectivity index (χ0) is 10.8. The molecule has 3 N–H and O–H groups in total. The van der Waals surface area contributed by atoms with E-state index in [9.17, 15) is 4.79 Å². The molecule has 0 saturated carbocycles. The summed E-state index contributed by atoms with van der Waals surface area (Å²) in [5, 5.41) is 3.09. The lowest BCUT2D eigenvalue weighted by molar-refractivity contribution is -0.119. The summed E-state index contributed by atoms with van der Waals surface area (Å²) in [5.74, 6) is 0.323. The molecule has 0 aromatic rings. The summed E-state index contributed by atoms with van der Waals surface area (Å²) in [6.07, 6.45) is 5.75. The van der Waals surface area contributed by atoms with Crippen LogP contribution in [0.4, 0.5) is 0 Å². The summed E-state index contributed by atoms with van der Waals surface area (Å²) in [6.45, 7) is 6.31. The summed E-state index contributed by atoms with van der Waals surface area (Å²) in [7, 11) is 0. The van der Waals surface area contributed by atoms with Crippen LogP contribution in [-0.4, -0.2) is 18.4 Å². The van der Waals surface area contributed by atoms with Crippen molar-refractivity contribution in [3.05, 3.63) is 12.8 Å². The van der Waals surface area contributed by atoms with E-state index in [1.54, 1.807) is 6.20 Å². The standard InChI is InChI=1S/C11H22N2O/c1-3-6-11(14)9-10(13-4-2)7-5-8-12/h4,10,13H,2-3,5-9,12H2,1H3. The number of rotatable bonds is 9. The zero-order valence-electron chi connectivity index (χ0n) is 9.09. The Kier molecular flexibility index (Phi) is 8.24. The normalized spacial score (nSPS) is 12.1. The molecule has 0 rings (SSSR count). The first kappa shape index (κ1) is 13.2. The molecule has 0 aliphatic rings. The van der Waals surface area contributed by atoms with Gasteiger partial charge in [0.15, 0.2) is 0 Å². The molecule has 0 spiro atoms. The summed E-state index contributed by atoms with van der Waals surface area (Å²) in [6, 6.07) is 0.218. The fraction of sp³-hybridized carbons (Fsp3) is 0.727. The molecule has 0 aromatic carbocycles. The summed E-state index contributed by atoms with van der Waals surface area (Å²) >= 11 is 0. The van der Waals surface area contributed by atoms with Crippen LogP contribution in [0.5, 0.6) is 0 Å². The van der Waals surface area contributed by atoms with Crippen LogP contribution in [0.1, 0.15) is 39.0 Å². The lowest BCUT2D eigenvalue weighted by Crippen LogP contribution is -2.27. The van der Waals surface area contributed by atoms with Gasteiger partial charge >= 0.3 is 0 Å². The number of hydrogen-bond donors (Lipinski definition) is 2. The minimum atomic E-state index is 0.218. The molecule has 0 amide bonds. The number of Topliss-reactive ketones (excluding diaryl/α,β-unsaturated/α-hetero) is 1. The Labute approximate surface area is 86.8 Å². The second kappa shape index (κ2) is 8.75. The van der Waals surface area contributed by atoms with E-state index in [2.05, 4.69) is 11.9 Å². The van der Waals surface area contributed by atoms with Gasteiger partial charge in [-0.3, -0.25) is 4.79 Å². The molecule has 3 nitrogen and oxygen atoms in total. The van der Waals surface area contributed by atoms with Crippen molar-refractivity contribution in [3.63, 3.8) is 0 Å². The Hall–Kier alpha value is -0.830. The van der Waals surface area contributed by atoms with Crippen LogP contribution in [0.15, 0.2) is 12.8 Å². The van der Waals surface area contributed by atoms with E-state index in [4.69, 9.17) is 5.73 Å². The molecule has 0 heterocycles. The summed E-state index contributed by atoms with van der Waals surface area (Å²) < 4.78 is 0. The average Bonchev–Trinajstić information content (AvgIpc) is 2.15. The lowest BCUT2D eigenvalue weighted by Gasteiger charge is -2.15. The van der Waals surface area contributed by atoms with Crippen LogP contribution in [0.3, 0.4) is 0 Å². The molecule has 82 valence electrons. The topological polar surface area (TPSA) is 55.1 Å². The third-order valence-electron chi connectivity index (χ3n) is 2.11. The number of carbonyl (C=O) groups is 1. The SMILES string of the molecule is C=CNC(CCCN)CC(=O)CCC. The molecule has 0 saturated heterocycles. The van der Waals surface area contributed by atoms with E-state index in [1.165, 1.54) is 0 Å². The molecule has 0 radical (unpaired) electrons. The molecule has 0 aliphatic heterocycles. The van der Waals surface area contributed by atoms with Crippen LogP contribution < -0.4 is 11.1 Å². The summed E-state index contributed by atoms with van der Waals surface area (Å²) in [4.78, 5) is 11.4. The summed E-state index contributed by atoms with van der Waals surface area (Å²) in [5.41, 5.74) is 5.42. The van der Waals surface area contributed by atoms with Crippen molar-refractivity contribution in [2.24, 2.45) is 5.73 Å². The van der Waals surface area contributed by atoms with Gasteiger partial charge in [-0.05, 0) is 32.0 Å². The number of carbonyl (C=O) groups excluding carboxylic acids is 1. The molecule has 0 aliphatic carbocycles. The first-order valence-electron chi connectivity index (χ1n) is 5.33. The molecule has 0 fully saturated rings. The second-order valence-electron chi connectivity index (χ2n) is 3.49. The predicted molar refractivity (Wildman–Crippen MR) is 59.9 cm³/mol. The minimum Gasteiger partial charge on any atom is -0.388 e. The predicted octanol–water partition coefficient (Wildman–Crippen LogP) is 1.59. The van der Waals surface area contributed by atoms with E-state index < -0.39 is 0 Å². The first-order chi connectivity index (χ1) is 6.74. The van der Waals surface area contributed by atoms with Crippen molar-refractivity contribution in [1.29, 1.82) is 0 Å². The van der Waals surface area contributed by atoms with Crippen LogP contribution >= 0.6 is 0 Å². The smallest absolute Gasteiger partial charge is 0.134 e. The third-order valence-corrected chi connectivity index (χ3v) is 2.11. The monoisotopic (exact) mass is 198 g/mol. The Morgan fingerprint density at radius 3 is 2.86 bits per heavy atom. The Bertz CT molecular complexity index is 169. The van der Waals surface area contributed by atoms with E-state index in [0.717, 1.165) is 19.3 Å². The van der Waals surface area contributed by atoms with Crippen molar-refractivity contribution >= 4 is 5.78 Å². The maximum atomic E-state index is 11.4. The number of nitrogens with two attached hydrogens (primary N) is 1. The Morgan fingerprint density at radius 1 is 1.64 bits per heavy atom. The van der Waals surface area contributed by atoms with Gasteiger partial charge in [0.05, 0.1) is 0 Å². The quantitative estimate of drug-likeness (QED) is 0.591. The maximum absolute atomic E-state index is 11.4. The molecule has 0 aromatic heterocycles. The van der Waals surface area contributed by atoms with E-state index in [0.29, 0.717) is 25.2 Å². The molecular weight excluding hydrogens is 176 g/mol. The highest BCUT2D eigenvalue weighted by atomic mass is 16.1. The van der Waals surface area contributed by atoms with Gasteiger partial charge in [0, 0.05) is 18.9 Å². The lowest BCUT2D eigenvalue weighted by atomic mass is 10.0. The van der Waals surface area contributed by atoms with Crippen LogP contribution in [0.25, 0.3) is 0 Å². The van der Waals surface area contributed by atoms with Crippen molar-refractivity contribution in [1.82, 2.24) is 5.32 Å². The van der Waals surface area contributed by atoms with E-state index >= 15 is 0 Å². The molecular formula is C11H22N2O. The fourth-order valence-corrected chi connectivity index (χ4v) is 1.43. The highest BCUT2D eigenvalue weighted by molar-refractivity contribution is 5.78.